The lowest BCUT2D eigenvalue weighted by Crippen LogP contribution is -2.37. The topological polar surface area (TPSA) is 85.3 Å². The fourth-order valence-electron chi connectivity index (χ4n) is 1.60. The van der Waals surface area contributed by atoms with Crippen molar-refractivity contribution in [2.75, 3.05) is 0 Å². The third-order valence-corrected chi connectivity index (χ3v) is 2.92. The summed E-state index contributed by atoms with van der Waals surface area (Å²) >= 11 is 3.10. The Morgan fingerprint density at radius 3 is 2.37 bits per heavy atom. The number of halogens is 1. The zero-order valence-electron chi connectivity index (χ0n) is 9.80. The number of nitrogens with two attached hydrogens (primary N) is 1. The summed E-state index contributed by atoms with van der Waals surface area (Å²) in [6.45, 7) is 0. The number of benzene rings is 1. The molecule has 0 fully saturated rings. The van der Waals surface area contributed by atoms with E-state index in [1.165, 1.54) is 6.07 Å². The van der Waals surface area contributed by atoms with Gasteiger partial charge in [-0.15, -0.1) is 0 Å². The number of hydrogen-bond donors (Lipinski definition) is 2. The van der Waals surface area contributed by atoms with Crippen LogP contribution in [-0.4, -0.2) is 11.8 Å². The maximum Gasteiger partial charge on any atom is 0.287 e. The van der Waals surface area contributed by atoms with Crippen molar-refractivity contribution in [3.63, 3.8) is 0 Å². The van der Waals surface area contributed by atoms with E-state index in [1.54, 1.807) is 30.3 Å². The summed E-state index contributed by atoms with van der Waals surface area (Å²) in [5.74, 6) is -1.03. The summed E-state index contributed by atoms with van der Waals surface area (Å²) in [4.78, 5) is 23.4. The largest absolute Gasteiger partial charge is 0.444 e. The highest BCUT2D eigenvalue weighted by Crippen LogP contribution is 2.16. The van der Waals surface area contributed by atoms with Crippen LogP contribution < -0.4 is 11.1 Å². The van der Waals surface area contributed by atoms with Crippen LogP contribution in [0.3, 0.4) is 0 Å². The van der Waals surface area contributed by atoms with Gasteiger partial charge in [0, 0.05) is 0 Å². The molecule has 2 amide bonds. The van der Waals surface area contributed by atoms with Crippen molar-refractivity contribution < 1.29 is 14.0 Å². The summed E-state index contributed by atoms with van der Waals surface area (Å²) in [6, 6.07) is 11.0. The normalized spacial score (nSPS) is 11.8. The molecule has 0 aliphatic carbocycles. The molecule has 0 aliphatic rings. The van der Waals surface area contributed by atoms with E-state index in [1.807, 2.05) is 6.07 Å². The van der Waals surface area contributed by atoms with Crippen molar-refractivity contribution in [1.29, 1.82) is 0 Å². The number of hydrogen-bond acceptors (Lipinski definition) is 3. The smallest absolute Gasteiger partial charge is 0.287 e. The van der Waals surface area contributed by atoms with Crippen LogP contribution >= 0.6 is 15.9 Å². The highest BCUT2D eigenvalue weighted by molar-refractivity contribution is 9.10. The number of primary amides is 1. The Kier molecular flexibility index (Phi) is 4.01. The van der Waals surface area contributed by atoms with Gasteiger partial charge in [0.2, 0.25) is 5.91 Å². The predicted molar refractivity (Wildman–Crippen MR) is 72.3 cm³/mol. The molecule has 2 aromatic rings. The van der Waals surface area contributed by atoms with Crippen molar-refractivity contribution >= 4 is 27.7 Å². The number of carbonyl (C=O) groups excluding carboxylic acids is 2. The fraction of sp³-hybridized carbons (Fsp3) is 0.0769. The van der Waals surface area contributed by atoms with E-state index in [4.69, 9.17) is 10.2 Å². The summed E-state index contributed by atoms with van der Waals surface area (Å²) < 4.78 is 5.55. The minimum atomic E-state index is -0.891. The Balaban J connectivity index is 2.18. The first-order chi connectivity index (χ1) is 9.08. The summed E-state index contributed by atoms with van der Waals surface area (Å²) in [7, 11) is 0. The summed E-state index contributed by atoms with van der Waals surface area (Å²) in [6.07, 6.45) is 0. The van der Waals surface area contributed by atoms with Crippen molar-refractivity contribution in [2.24, 2.45) is 5.73 Å². The van der Waals surface area contributed by atoms with Crippen molar-refractivity contribution in [3.05, 3.63) is 58.5 Å². The molecule has 2 rings (SSSR count). The average Bonchev–Trinajstić information content (AvgIpc) is 2.83. The molecule has 19 heavy (non-hydrogen) atoms. The monoisotopic (exact) mass is 322 g/mol. The van der Waals surface area contributed by atoms with Crippen molar-refractivity contribution in [1.82, 2.24) is 5.32 Å². The molecule has 5 nitrogen and oxygen atoms in total. The Labute approximate surface area is 117 Å². The minimum Gasteiger partial charge on any atom is -0.444 e. The fourth-order valence-corrected chi connectivity index (χ4v) is 1.91. The summed E-state index contributed by atoms with van der Waals surface area (Å²) in [5, 5.41) is 2.53. The van der Waals surface area contributed by atoms with Gasteiger partial charge in [0.25, 0.3) is 5.91 Å². The third kappa shape index (κ3) is 3.23. The van der Waals surface area contributed by atoms with Gasteiger partial charge in [-0.05, 0) is 33.6 Å². The molecule has 1 aromatic heterocycles. The maximum atomic E-state index is 11.9. The van der Waals surface area contributed by atoms with E-state index in [9.17, 15) is 9.59 Å². The Bertz CT molecular complexity index is 595. The molecule has 98 valence electrons. The molecule has 0 saturated heterocycles. The lowest BCUT2D eigenvalue weighted by Gasteiger charge is -2.14. The van der Waals surface area contributed by atoms with Crippen LogP contribution in [0.15, 0.2) is 51.6 Å². The van der Waals surface area contributed by atoms with E-state index in [0.717, 1.165) is 0 Å². The molecule has 0 spiro atoms. The first kappa shape index (κ1) is 13.4. The second kappa shape index (κ2) is 5.71. The maximum absolute atomic E-state index is 11.9. The Morgan fingerprint density at radius 1 is 1.16 bits per heavy atom. The van der Waals surface area contributed by atoms with Crippen molar-refractivity contribution in [3.8, 4) is 0 Å². The second-order valence-electron chi connectivity index (χ2n) is 3.82. The lowest BCUT2D eigenvalue weighted by molar-refractivity contribution is -0.120. The Hall–Kier alpha value is -2.08. The Morgan fingerprint density at radius 2 is 1.84 bits per heavy atom. The van der Waals surface area contributed by atoms with Crippen LogP contribution in [0.2, 0.25) is 0 Å². The van der Waals surface area contributed by atoms with Gasteiger partial charge in [-0.3, -0.25) is 9.59 Å². The summed E-state index contributed by atoms with van der Waals surface area (Å²) in [5.41, 5.74) is 5.93. The highest BCUT2D eigenvalue weighted by Gasteiger charge is 2.22. The number of amides is 2. The molecule has 6 heteroatoms. The van der Waals surface area contributed by atoms with Crippen LogP contribution in [-0.2, 0) is 4.79 Å². The zero-order valence-corrected chi connectivity index (χ0v) is 11.4. The first-order valence-corrected chi connectivity index (χ1v) is 6.27. The predicted octanol–water partition coefficient (Wildman–Crippen LogP) is 2.00. The van der Waals surface area contributed by atoms with Gasteiger partial charge in [-0.25, -0.2) is 0 Å². The van der Waals surface area contributed by atoms with Gasteiger partial charge < -0.3 is 15.5 Å². The molecule has 0 bridgehead atoms. The van der Waals surface area contributed by atoms with Crippen LogP contribution in [0.4, 0.5) is 0 Å². The van der Waals surface area contributed by atoms with Gasteiger partial charge >= 0.3 is 0 Å². The van der Waals surface area contributed by atoms with Gasteiger partial charge in [-0.1, -0.05) is 30.3 Å². The van der Waals surface area contributed by atoms with E-state index in [0.29, 0.717) is 10.2 Å². The van der Waals surface area contributed by atoms with Gasteiger partial charge in [0.1, 0.15) is 6.04 Å². The van der Waals surface area contributed by atoms with Crippen LogP contribution in [0.25, 0.3) is 0 Å². The van der Waals surface area contributed by atoms with Crippen LogP contribution in [0, 0.1) is 0 Å². The van der Waals surface area contributed by atoms with Gasteiger partial charge in [-0.2, -0.15) is 0 Å². The zero-order chi connectivity index (χ0) is 13.8. The third-order valence-electron chi connectivity index (χ3n) is 2.49. The van der Waals surface area contributed by atoms with Gasteiger partial charge in [0.15, 0.2) is 10.4 Å². The molecule has 0 radical (unpaired) electrons. The minimum absolute atomic E-state index is 0.106. The lowest BCUT2D eigenvalue weighted by atomic mass is 10.1. The van der Waals surface area contributed by atoms with E-state index >= 15 is 0 Å². The second-order valence-corrected chi connectivity index (χ2v) is 4.60. The van der Waals surface area contributed by atoms with E-state index in [2.05, 4.69) is 21.2 Å². The highest BCUT2D eigenvalue weighted by atomic mass is 79.9. The number of furan rings is 1. The number of carbonyl (C=O) groups is 2. The molecule has 3 N–H and O–H groups in total. The standard InChI is InChI=1S/C13H11BrN2O3/c14-10-7-6-9(19-10)13(18)16-11(12(15)17)8-4-2-1-3-5-8/h1-7,11H,(H2,15,17)(H,16,18)/t11-/m1/s1. The average molecular weight is 323 g/mol. The SMILES string of the molecule is NC(=O)[C@H](NC(=O)c1ccc(Br)o1)c1ccccc1. The molecule has 1 heterocycles. The molecule has 0 unspecified atom stereocenters. The molecule has 1 aromatic carbocycles. The van der Waals surface area contributed by atoms with Gasteiger partial charge in [0.05, 0.1) is 0 Å². The molecule has 1 atom stereocenters. The quantitative estimate of drug-likeness (QED) is 0.902. The van der Waals surface area contributed by atoms with Crippen molar-refractivity contribution in [2.45, 2.75) is 6.04 Å². The van der Waals surface area contributed by atoms with Crippen LogP contribution in [0.1, 0.15) is 22.2 Å². The molecular weight excluding hydrogens is 312 g/mol. The number of rotatable bonds is 4. The molecular formula is C13H11BrN2O3. The molecule has 0 saturated carbocycles. The van der Waals surface area contributed by atoms with Crippen LogP contribution in [0.5, 0.6) is 0 Å². The number of nitrogens with one attached hydrogen (secondary N) is 1. The van der Waals surface area contributed by atoms with E-state index < -0.39 is 17.9 Å². The first-order valence-electron chi connectivity index (χ1n) is 5.48. The molecule has 0 aliphatic heterocycles. The van der Waals surface area contributed by atoms with E-state index in [-0.39, 0.29) is 5.76 Å².